The third kappa shape index (κ3) is 6.40. The van der Waals surface area contributed by atoms with Crippen molar-refractivity contribution >= 4 is 27.7 Å². The molecule has 1 unspecified atom stereocenters. The largest absolute Gasteiger partial charge is 0.484 e. The van der Waals surface area contributed by atoms with E-state index in [1.54, 1.807) is 17.0 Å². The average molecular weight is 433 g/mol. The third-order valence-electron chi connectivity index (χ3n) is 4.11. The molecule has 0 saturated carbocycles. The molecule has 2 aromatic carbocycles. The number of carbonyl (C=O) groups is 2. The molecule has 1 N–H and O–H groups in total. The minimum absolute atomic E-state index is 0.121. The first kappa shape index (κ1) is 21.0. The van der Waals surface area contributed by atoms with Crippen molar-refractivity contribution in [2.75, 3.05) is 13.2 Å². The zero-order valence-corrected chi connectivity index (χ0v) is 17.2. The topological polar surface area (TPSA) is 58.6 Å². The lowest BCUT2D eigenvalue weighted by Gasteiger charge is -2.30. The molecule has 0 aliphatic heterocycles. The Balaban J connectivity index is 2.14. The summed E-state index contributed by atoms with van der Waals surface area (Å²) in [6.07, 6.45) is 0.530. The third-order valence-corrected chi connectivity index (χ3v) is 4.64. The lowest BCUT2D eigenvalue weighted by atomic mass is 10.1. The van der Waals surface area contributed by atoms with Crippen molar-refractivity contribution in [2.24, 2.45) is 0 Å². The maximum absolute atomic E-state index is 12.9. The molecule has 0 saturated heterocycles. The molecule has 0 heterocycles. The molecule has 1 atom stereocenters. The van der Waals surface area contributed by atoms with E-state index in [9.17, 15) is 9.59 Å². The molecular formula is C21H25BrN2O3. The van der Waals surface area contributed by atoms with Crippen LogP contribution in [-0.4, -0.2) is 35.9 Å². The van der Waals surface area contributed by atoms with Crippen molar-refractivity contribution in [3.8, 4) is 5.75 Å². The Hall–Kier alpha value is -2.34. The Morgan fingerprint density at radius 2 is 1.74 bits per heavy atom. The van der Waals surface area contributed by atoms with Gasteiger partial charge in [0.05, 0.1) is 0 Å². The molecule has 6 heteroatoms. The molecule has 0 spiro atoms. The summed E-state index contributed by atoms with van der Waals surface area (Å²) in [6.45, 7) is 4.53. The summed E-state index contributed by atoms with van der Waals surface area (Å²) < 4.78 is 6.57. The molecule has 0 aliphatic carbocycles. The molecular weight excluding hydrogens is 408 g/mol. The number of carbonyl (C=O) groups excluding carboxylic acids is 2. The van der Waals surface area contributed by atoms with Gasteiger partial charge in [-0.05, 0) is 43.2 Å². The van der Waals surface area contributed by atoms with Crippen molar-refractivity contribution < 1.29 is 14.3 Å². The van der Waals surface area contributed by atoms with Gasteiger partial charge < -0.3 is 15.0 Å². The van der Waals surface area contributed by atoms with E-state index >= 15 is 0 Å². The first-order valence-electron chi connectivity index (χ1n) is 9.04. The van der Waals surface area contributed by atoms with Gasteiger partial charge in [0.25, 0.3) is 5.91 Å². The standard InChI is InChI=1S/C21H25BrN2O3/c1-3-19(21(26)23-4-2)24(14-16-8-6-5-7-9-16)20(25)15-27-18-12-10-17(22)11-13-18/h5-13,19H,3-4,14-15H2,1-2H3,(H,23,26). The van der Waals surface area contributed by atoms with Crippen LogP contribution in [0.1, 0.15) is 25.8 Å². The molecule has 27 heavy (non-hydrogen) atoms. The zero-order valence-electron chi connectivity index (χ0n) is 15.7. The van der Waals surface area contributed by atoms with Crippen LogP contribution in [-0.2, 0) is 16.1 Å². The van der Waals surface area contributed by atoms with Crippen LogP contribution in [0.3, 0.4) is 0 Å². The van der Waals surface area contributed by atoms with Gasteiger partial charge in [-0.3, -0.25) is 9.59 Å². The van der Waals surface area contributed by atoms with Gasteiger partial charge in [-0.15, -0.1) is 0 Å². The van der Waals surface area contributed by atoms with Crippen molar-refractivity contribution in [3.05, 3.63) is 64.6 Å². The van der Waals surface area contributed by atoms with Crippen LogP contribution < -0.4 is 10.1 Å². The van der Waals surface area contributed by atoms with E-state index in [1.807, 2.05) is 56.3 Å². The van der Waals surface area contributed by atoms with Crippen molar-refractivity contribution in [1.82, 2.24) is 10.2 Å². The van der Waals surface area contributed by atoms with E-state index in [4.69, 9.17) is 4.74 Å². The summed E-state index contributed by atoms with van der Waals surface area (Å²) in [6, 6.07) is 16.4. The lowest BCUT2D eigenvalue weighted by Crippen LogP contribution is -2.50. The second-order valence-electron chi connectivity index (χ2n) is 6.07. The highest BCUT2D eigenvalue weighted by Crippen LogP contribution is 2.17. The second kappa shape index (κ2) is 10.7. The number of amides is 2. The number of hydrogen-bond donors (Lipinski definition) is 1. The predicted octanol–water partition coefficient (Wildman–Crippen LogP) is 3.77. The lowest BCUT2D eigenvalue weighted by molar-refractivity contribution is -0.142. The van der Waals surface area contributed by atoms with E-state index in [1.165, 1.54) is 0 Å². The summed E-state index contributed by atoms with van der Waals surface area (Å²) in [4.78, 5) is 27.0. The van der Waals surface area contributed by atoms with Crippen LogP contribution >= 0.6 is 15.9 Å². The van der Waals surface area contributed by atoms with Gasteiger partial charge in [0.15, 0.2) is 6.61 Å². The molecule has 2 rings (SSSR count). The molecule has 0 aliphatic rings. The Labute approximate surface area is 168 Å². The van der Waals surface area contributed by atoms with Gasteiger partial charge >= 0.3 is 0 Å². The van der Waals surface area contributed by atoms with Crippen molar-refractivity contribution in [2.45, 2.75) is 32.9 Å². The monoisotopic (exact) mass is 432 g/mol. The number of benzene rings is 2. The Bertz CT molecular complexity index is 735. The second-order valence-corrected chi connectivity index (χ2v) is 6.98. The average Bonchev–Trinajstić information content (AvgIpc) is 2.68. The Kier molecular flexibility index (Phi) is 8.33. The summed E-state index contributed by atoms with van der Waals surface area (Å²) in [5.41, 5.74) is 0.970. The minimum Gasteiger partial charge on any atom is -0.484 e. The highest BCUT2D eigenvalue weighted by atomic mass is 79.9. The van der Waals surface area contributed by atoms with Gasteiger partial charge in [0.1, 0.15) is 11.8 Å². The van der Waals surface area contributed by atoms with Gasteiger partial charge in [-0.2, -0.15) is 0 Å². The fourth-order valence-electron chi connectivity index (χ4n) is 2.75. The summed E-state index contributed by atoms with van der Waals surface area (Å²) in [5.74, 6) is 0.241. The van der Waals surface area contributed by atoms with Crippen molar-refractivity contribution in [1.29, 1.82) is 0 Å². The quantitative estimate of drug-likeness (QED) is 0.655. The highest BCUT2D eigenvalue weighted by Gasteiger charge is 2.28. The van der Waals surface area contributed by atoms with E-state index in [0.29, 0.717) is 25.3 Å². The van der Waals surface area contributed by atoms with Crippen LogP contribution in [0, 0.1) is 0 Å². The van der Waals surface area contributed by atoms with Crippen LogP contribution in [0.5, 0.6) is 5.75 Å². The smallest absolute Gasteiger partial charge is 0.261 e. The molecule has 5 nitrogen and oxygen atoms in total. The molecule has 2 aromatic rings. The van der Waals surface area contributed by atoms with E-state index < -0.39 is 6.04 Å². The molecule has 0 aromatic heterocycles. The van der Waals surface area contributed by atoms with Gasteiger partial charge in [0.2, 0.25) is 5.91 Å². The van der Waals surface area contributed by atoms with Gasteiger partial charge in [-0.1, -0.05) is 53.2 Å². The fraction of sp³-hybridized carbons (Fsp3) is 0.333. The maximum Gasteiger partial charge on any atom is 0.261 e. The summed E-state index contributed by atoms with van der Waals surface area (Å²) in [5, 5.41) is 2.82. The van der Waals surface area contributed by atoms with Crippen molar-refractivity contribution in [3.63, 3.8) is 0 Å². The predicted molar refractivity (Wildman–Crippen MR) is 109 cm³/mol. The van der Waals surface area contributed by atoms with E-state index in [2.05, 4.69) is 21.2 Å². The molecule has 144 valence electrons. The zero-order chi connectivity index (χ0) is 19.6. The maximum atomic E-state index is 12.9. The number of nitrogens with one attached hydrogen (secondary N) is 1. The molecule has 2 amide bonds. The minimum atomic E-state index is -0.536. The van der Waals surface area contributed by atoms with Gasteiger partial charge in [-0.25, -0.2) is 0 Å². The summed E-state index contributed by atoms with van der Waals surface area (Å²) >= 11 is 3.37. The number of halogens is 1. The Morgan fingerprint density at radius 3 is 2.33 bits per heavy atom. The molecule has 0 fully saturated rings. The van der Waals surface area contributed by atoms with Crippen LogP contribution in [0.25, 0.3) is 0 Å². The van der Waals surface area contributed by atoms with Gasteiger partial charge in [0, 0.05) is 17.6 Å². The van der Waals surface area contributed by atoms with Crippen LogP contribution in [0.15, 0.2) is 59.1 Å². The number of hydrogen-bond acceptors (Lipinski definition) is 3. The first-order chi connectivity index (χ1) is 13.0. The SMILES string of the molecule is CCNC(=O)C(CC)N(Cc1ccccc1)C(=O)COc1ccc(Br)cc1. The number of nitrogens with zero attached hydrogens (tertiary/aromatic N) is 1. The Morgan fingerprint density at radius 1 is 1.07 bits per heavy atom. The number of rotatable bonds is 9. The van der Waals surface area contributed by atoms with Crippen LogP contribution in [0.4, 0.5) is 0 Å². The van der Waals surface area contributed by atoms with E-state index in [-0.39, 0.29) is 18.4 Å². The number of ether oxygens (including phenoxy) is 1. The summed E-state index contributed by atoms with van der Waals surface area (Å²) in [7, 11) is 0. The first-order valence-corrected chi connectivity index (χ1v) is 9.83. The normalized spacial score (nSPS) is 11.5. The highest BCUT2D eigenvalue weighted by molar-refractivity contribution is 9.10. The van der Waals surface area contributed by atoms with E-state index in [0.717, 1.165) is 10.0 Å². The molecule has 0 radical (unpaired) electrons. The fourth-order valence-corrected chi connectivity index (χ4v) is 3.01. The number of likely N-dealkylation sites (N-methyl/N-ethyl adjacent to an activating group) is 1. The molecule has 0 bridgehead atoms. The van der Waals surface area contributed by atoms with Crippen LogP contribution in [0.2, 0.25) is 0 Å².